The van der Waals surface area contributed by atoms with Crippen molar-refractivity contribution in [2.24, 2.45) is 0 Å². The van der Waals surface area contributed by atoms with E-state index in [0.29, 0.717) is 10.4 Å². The maximum absolute atomic E-state index is 13.1. The number of thioether (sulfide) groups is 1. The van der Waals surface area contributed by atoms with E-state index < -0.39 is 12.0 Å². The van der Waals surface area contributed by atoms with E-state index in [1.807, 2.05) is 6.92 Å². The number of carbonyl (C=O) groups is 1. The first-order chi connectivity index (χ1) is 13.2. The molecule has 1 heterocycles. The highest BCUT2D eigenvalue weighted by Gasteiger charge is 2.35. The Hall–Kier alpha value is -2.32. The first-order valence-electron chi connectivity index (χ1n) is 8.25. The molecule has 1 unspecified atom stereocenters. The van der Waals surface area contributed by atoms with Gasteiger partial charge in [-0.1, -0.05) is 53.7 Å². The lowest BCUT2D eigenvalue weighted by molar-refractivity contribution is -0.145. The molecule has 1 aromatic heterocycles. The molecule has 0 fully saturated rings. The molecule has 4 nitrogen and oxygen atoms in total. The lowest BCUT2D eigenvalue weighted by Crippen LogP contribution is -2.28. The van der Waals surface area contributed by atoms with Gasteiger partial charge in [-0.2, -0.15) is 13.2 Å². The van der Waals surface area contributed by atoms with E-state index in [9.17, 15) is 18.0 Å². The molecule has 146 valence electrons. The Labute approximate surface area is 168 Å². The number of hydrogen-bond donors (Lipinski definition) is 1. The lowest BCUT2D eigenvalue weighted by Gasteiger charge is -2.15. The Kier molecular flexibility index (Phi) is 6.10. The molecule has 0 bridgehead atoms. The lowest BCUT2D eigenvalue weighted by atomic mass is 10.1. The molecule has 0 radical (unpaired) electrons. The predicted molar refractivity (Wildman–Crippen MR) is 103 cm³/mol. The number of carbonyl (C=O) groups excluding carboxylic acids is 1. The number of fused-ring (bicyclic) bond motifs is 1. The van der Waals surface area contributed by atoms with Gasteiger partial charge in [-0.05, 0) is 30.7 Å². The van der Waals surface area contributed by atoms with Crippen LogP contribution in [0, 0.1) is 0 Å². The zero-order chi connectivity index (χ0) is 20.3. The molecule has 1 N–H and O–H groups in total. The number of alkyl halides is 3. The minimum Gasteiger partial charge on any atom is -0.349 e. The van der Waals surface area contributed by atoms with Crippen LogP contribution in [0.2, 0.25) is 5.02 Å². The maximum atomic E-state index is 13.1. The van der Waals surface area contributed by atoms with Gasteiger partial charge in [-0.15, -0.1) is 0 Å². The van der Waals surface area contributed by atoms with Crippen LogP contribution < -0.4 is 5.32 Å². The van der Waals surface area contributed by atoms with E-state index in [4.69, 9.17) is 11.6 Å². The minimum absolute atomic E-state index is 0.0732. The fourth-order valence-corrected chi connectivity index (χ4v) is 3.49. The average Bonchev–Trinajstić information content (AvgIpc) is 2.65. The fraction of sp³-hybridized carbons (Fsp3) is 0.211. The van der Waals surface area contributed by atoms with Crippen LogP contribution >= 0.6 is 23.4 Å². The Balaban J connectivity index is 1.73. The number of amides is 1. The molecule has 9 heteroatoms. The van der Waals surface area contributed by atoms with Gasteiger partial charge in [0.05, 0.1) is 17.3 Å². The number of nitrogens with zero attached hydrogens (tertiary/aromatic N) is 2. The van der Waals surface area contributed by atoms with Crippen molar-refractivity contribution in [3.05, 3.63) is 64.9 Å². The van der Waals surface area contributed by atoms with E-state index in [1.165, 1.54) is 6.07 Å². The molecule has 0 spiro atoms. The minimum atomic E-state index is -4.66. The molecule has 0 saturated carbocycles. The normalized spacial score (nSPS) is 12.8. The zero-order valence-electron chi connectivity index (χ0n) is 14.6. The third kappa shape index (κ3) is 4.94. The highest BCUT2D eigenvalue weighted by Crippen LogP contribution is 2.32. The summed E-state index contributed by atoms with van der Waals surface area (Å²) < 4.78 is 39.2. The van der Waals surface area contributed by atoms with Crippen LogP contribution in [-0.4, -0.2) is 21.6 Å². The summed E-state index contributed by atoms with van der Waals surface area (Å²) >= 11 is 6.79. The van der Waals surface area contributed by atoms with Crippen molar-refractivity contribution in [3.8, 4) is 0 Å². The Morgan fingerprint density at radius 3 is 2.50 bits per heavy atom. The number of para-hydroxylation sites is 1. The molecule has 0 saturated heterocycles. The molecule has 3 aromatic rings. The molecule has 3 rings (SSSR count). The van der Waals surface area contributed by atoms with Crippen LogP contribution in [0.15, 0.2) is 53.6 Å². The van der Waals surface area contributed by atoms with Gasteiger partial charge in [0, 0.05) is 10.4 Å². The third-order valence-corrected chi connectivity index (χ3v) is 5.15. The van der Waals surface area contributed by atoms with Crippen LogP contribution in [0.3, 0.4) is 0 Å². The maximum Gasteiger partial charge on any atom is 0.451 e. The van der Waals surface area contributed by atoms with E-state index in [-0.39, 0.29) is 28.2 Å². The van der Waals surface area contributed by atoms with Gasteiger partial charge in [0.15, 0.2) is 0 Å². The van der Waals surface area contributed by atoms with E-state index >= 15 is 0 Å². The van der Waals surface area contributed by atoms with Gasteiger partial charge in [0.2, 0.25) is 11.7 Å². The monoisotopic (exact) mass is 425 g/mol. The van der Waals surface area contributed by atoms with Crippen molar-refractivity contribution in [2.75, 3.05) is 5.75 Å². The Morgan fingerprint density at radius 1 is 1.14 bits per heavy atom. The standard InChI is InChI=1S/C19H15ClF3N3OS/c1-11(12-6-8-13(20)9-7-12)24-16(27)10-28-17-14-4-2-3-5-15(14)25-18(26-17)19(21,22)23/h2-9,11H,10H2,1H3,(H,24,27). The third-order valence-electron chi connectivity index (χ3n) is 3.91. The largest absolute Gasteiger partial charge is 0.451 e. The van der Waals surface area contributed by atoms with Crippen molar-refractivity contribution in [3.63, 3.8) is 0 Å². The second-order valence-corrected chi connectivity index (χ2v) is 7.40. The predicted octanol–water partition coefficient (Wildman–Crippen LogP) is 5.27. The summed E-state index contributed by atoms with van der Waals surface area (Å²) in [6, 6.07) is 13.2. The molecular formula is C19H15ClF3N3OS. The van der Waals surface area contributed by atoms with Gasteiger partial charge in [-0.25, -0.2) is 9.97 Å². The van der Waals surface area contributed by atoms with Crippen molar-refractivity contribution in [1.29, 1.82) is 0 Å². The van der Waals surface area contributed by atoms with E-state index in [1.54, 1.807) is 42.5 Å². The summed E-state index contributed by atoms with van der Waals surface area (Å²) in [5.41, 5.74) is 1.05. The molecular weight excluding hydrogens is 411 g/mol. The first kappa shape index (κ1) is 20.4. The summed E-state index contributed by atoms with van der Waals surface area (Å²) in [6.07, 6.45) is -4.66. The van der Waals surface area contributed by atoms with Gasteiger partial charge < -0.3 is 5.32 Å². The van der Waals surface area contributed by atoms with Crippen molar-refractivity contribution in [2.45, 2.75) is 24.2 Å². The van der Waals surface area contributed by atoms with Crippen LogP contribution in [0.1, 0.15) is 24.4 Å². The van der Waals surface area contributed by atoms with Crippen molar-refractivity contribution < 1.29 is 18.0 Å². The zero-order valence-corrected chi connectivity index (χ0v) is 16.2. The summed E-state index contributed by atoms with van der Waals surface area (Å²) in [4.78, 5) is 19.5. The van der Waals surface area contributed by atoms with Crippen LogP contribution in [0.25, 0.3) is 10.9 Å². The highest BCUT2D eigenvalue weighted by molar-refractivity contribution is 8.00. The van der Waals surface area contributed by atoms with Gasteiger partial charge in [-0.3, -0.25) is 4.79 Å². The van der Waals surface area contributed by atoms with E-state index in [2.05, 4.69) is 15.3 Å². The van der Waals surface area contributed by atoms with Crippen molar-refractivity contribution in [1.82, 2.24) is 15.3 Å². The van der Waals surface area contributed by atoms with Gasteiger partial charge in [0.1, 0.15) is 5.03 Å². The number of rotatable bonds is 5. The number of nitrogens with one attached hydrogen (secondary N) is 1. The van der Waals surface area contributed by atoms with E-state index in [0.717, 1.165) is 17.3 Å². The molecule has 0 aliphatic heterocycles. The topological polar surface area (TPSA) is 54.9 Å². The number of aromatic nitrogens is 2. The van der Waals surface area contributed by atoms with Gasteiger partial charge in [0.25, 0.3) is 0 Å². The molecule has 0 aliphatic carbocycles. The summed E-state index contributed by atoms with van der Waals surface area (Å²) in [7, 11) is 0. The highest BCUT2D eigenvalue weighted by atomic mass is 35.5. The fourth-order valence-electron chi connectivity index (χ4n) is 2.54. The Bertz CT molecular complexity index is 996. The quantitative estimate of drug-likeness (QED) is 0.447. The van der Waals surface area contributed by atoms with Crippen LogP contribution in [0.5, 0.6) is 0 Å². The first-order valence-corrected chi connectivity index (χ1v) is 9.62. The summed E-state index contributed by atoms with van der Waals surface area (Å²) in [6.45, 7) is 1.81. The molecule has 1 atom stereocenters. The molecule has 2 aromatic carbocycles. The Morgan fingerprint density at radius 2 is 1.82 bits per heavy atom. The van der Waals surface area contributed by atoms with Crippen molar-refractivity contribution >= 4 is 40.2 Å². The molecule has 0 aliphatic rings. The van der Waals surface area contributed by atoms with Crippen LogP contribution in [-0.2, 0) is 11.0 Å². The van der Waals surface area contributed by atoms with Gasteiger partial charge >= 0.3 is 6.18 Å². The molecule has 1 amide bonds. The number of hydrogen-bond acceptors (Lipinski definition) is 4. The average molecular weight is 426 g/mol. The number of benzene rings is 2. The summed E-state index contributed by atoms with van der Waals surface area (Å²) in [5.74, 6) is -1.61. The molecule has 28 heavy (non-hydrogen) atoms. The second-order valence-electron chi connectivity index (χ2n) is 6.00. The SMILES string of the molecule is CC(NC(=O)CSc1nc(C(F)(F)F)nc2ccccc12)c1ccc(Cl)cc1. The smallest absolute Gasteiger partial charge is 0.349 e. The number of halogens is 4. The summed E-state index contributed by atoms with van der Waals surface area (Å²) in [5, 5.41) is 3.99. The second kappa shape index (κ2) is 8.36. The van der Waals surface area contributed by atoms with Crippen LogP contribution in [0.4, 0.5) is 13.2 Å².